The molecule has 0 heterocycles. The molecule has 0 amide bonds. The Morgan fingerprint density at radius 3 is 1.09 bits per heavy atom. The summed E-state index contributed by atoms with van der Waals surface area (Å²) in [6.45, 7) is 4.58. The fourth-order valence-corrected chi connectivity index (χ4v) is 8.35. The van der Waals surface area contributed by atoms with Crippen molar-refractivity contribution in [2.24, 2.45) is 0 Å². The van der Waals surface area contributed by atoms with E-state index in [1.165, 1.54) is 116 Å². The molecular weight excluding hydrogens is 983 g/mol. The number of carboxylic acids is 1. The number of hydrogen-bond acceptors (Lipinski definition) is 8. The maximum Gasteiger partial charge on any atom is 0.306 e. The minimum absolute atomic E-state index is 0.134. The second-order valence-electron chi connectivity index (χ2n) is 22.0. The van der Waals surface area contributed by atoms with Gasteiger partial charge in [-0.3, -0.25) is 9.59 Å². The van der Waals surface area contributed by atoms with Gasteiger partial charge in [-0.1, -0.05) is 245 Å². The number of carboxylic acid groups (broad SMARTS) is 1. The van der Waals surface area contributed by atoms with Gasteiger partial charge < -0.3 is 33.3 Å². The third-order valence-electron chi connectivity index (χ3n) is 13.2. The van der Waals surface area contributed by atoms with E-state index in [4.69, 9.17) is 18.9 Å². The number of rotatable bonds is 57. The highest BCUT2D eigenvalue weighted by Gasteiger charge is 2.22. The third kappa shape index (κ3) is 61.2. The Kier molecular flexibility index (Phi) is 56.5. The van der Waals surface area contributed by atoms with E-state index in [9.17, 15) is 19.5 Å². The summed E-state index contributed by atoms with van der Waals surface area (Å²) in [7, 11) is 5.90. The van der Waals surface area contributed by atoms with Crippen molar-refractivity contribution in [2.75, 3.05) is 47.5 Å². The van der Waals surface area contributed by atoms with Crippen molar-refractivity contribution in [3.8, 4) is 0 Å². The highest BCUT2D eigenvalue weighted by Crippen LogP contribution is 2.15. The minimum atomic E-state index is -1.64. The summed E-state index contributed by atoms with van der Waals surface area (Å²) in [5.41, 5.74) is 0. The monoisotopic (exact) mass is 1100 g/mol. The lowest BCUT2D eigenvalue weighted by Crippen LogP contribution is -2.44. The van der Waals surface area contributed by atoms with Gasteiger partial charge >= 0.3 is 11.9 Å². The molecule has 0 spiro atoms. The van der Waals surface area contributed by atoms with E-state index in [2.05, 4.69) is 135 Å². The van der Waals surface area contributed by atoms with Gasteiger partial charge in [0.25, 0.3) is 0 Å². The molecule has 2 atom stereocenters. The highest BCUT2D eigenvalue weighted by atomic mass is 16.7. The normalized spacial score (nSPS) is 13.6. The molecule has 450 valence electrons. The number of hydrogen-bond donors (Lipinski definition) is 0. The third-order valence-corrected chi connectivity index (χ3v) is 13.2. The van der Waals surface area contributed by atoms with E-state index in [1.54, 1.807) is 0 Å². The predicted molar refractivity (Wildman–Crippen MR) is 333 cm³/mol. The van der Waals surface area contributed by atoms with E-state index in [1.807, 2.05) is 21.1 Å². The summed E-state index contributed by atoms with van der Waals surface area (Å²) in [5, 5.41) is 11.8. The zero-order chi connectivity index (χ0) is 57.6. The molecule has 0 aliphatic carbocycles. The van der Waals surface area contributed by atoms with Crippen molar-refractivity contribution in [2.45, 2.75) is 257 Å². The summed E-state index contributed by atoms with van der Waals surface area (Å²) in [4.78, 5) is 37.4. The van der Waals surface area contributed by atoms with Crippen LogP contribution in [-0.4, -0.2) is 82.3 Å². The molecule has 0 bridgehead atoms. The molecular formula is C70H117NO8. The van der Waals surface area contributed by atoms with Gasteiger partial charge in [0.2, 0.25) is 0 Å². The van der Waals surface area contributed by atoms with Gasteiger partial charge in [0.1, 0.15) is 13.2 Å². The lowest BCUT2D eigenvalue weighted by molar-refractivity contribution is -0.870. The van der Waals surface area contributed by atoms with Gasteiger partial charge in [0.05, 0.1) is 40.3 Å². The zero-order valence-electron chi connectivity index (χ0n) is 51.2. The fraction of sp³-hybridized carbons (Fsp3) is 0.671. The van der Waals surface area contributed by atoms with E-state index in [0.717, 1.165) is 96.3 Å². The number of nitrogens with zero attached hydrogens (tertiary/aromatic N) is 1. The highest BCUT2D eigenvalue weighted by molar-refractivity contribution is 5.70. The van der Waals surface area contributed by atoms with Crippen molar-refractivity contribution in [3.05, 3.63) is 122 Å². The smallest absolute Gasteiger partial charge is 0.306 e. The number of carbonyl (C=O) groups excluding carboxylic acids is 3. The molecule has 0 aliphatic heterocycles. The maximum absolute atomic E-state index is 12.9. The Morgan fingerprint density at radius 2 is 0.722 bits per heavy atom. The summed E-state index contributed by atoms with van der Waals surface area (Å²) >= 11 is 0. The van der Waals surface area contributed by atoms with Crippen molar-refractivity contribution >= 4 is 17.9 Å². The topological polar surface area (TPSA) is 111 Å². The number of allylic oxidation sites excluding steroid dienone is 20. The van der Waals surface area contributed by atoms with Crippen LogP contribution in [0.15, 0.2) is 122 Å². The van der Waals surface area contributed by atoms with E-state index in [0.29, 0.717) is 17.4 Å². The van der Waals surface area contributed by atoms with Crippen LogP contribution in [0.3, 0.4) is 0 Å². The average molecular weight is 1100 g/mol. The SMILES string of the molecule is CC/C=C\C/C=C\C/C=C\C/C=C\C/C=C\C/C=C\C/C=C\CCCCCC(=O)OC(COC(=O)CCCCCCCCCCCCCCCC/C=C\C/C=C\C/C=C\CCCCCCC)COC(OCC[N+](C)(C)C)C(=O)[O-]. The zero-order valence-corrected chi connectivity index (χ0v) is 51.2. The van der Waals surface area contributed by atoms with Crippen LogP contribution < -0.4 is 5.11 Å². The summed E-state index contributed by atoms with van der Waals surface area (Å²) in [6, 6.07) is 0. The Morgan fingerprint density at radius 1 is 0.392 bits per heavy atom. The van der Waals surface area contributed by atoms with Gasteiger partial charge in [0, 0.05) is 12.8 Å². The number of esters is 2. The van der Waals surface area contributed by atoms with Crippen molar-refractivity contribution < 1.29 is 42.9 Å². The van der Waals surface area contributed by atoms with Crippen molar-refractivity contribution in [3.63, 3.8) is 0 Å². The molecule has 79 heavy (non-hydrogen) atoms. The lowest BCUT2D eigenvalue weighted by atomic mass is 10.0. The number of unbranched alkanes of at least 4 members (excludes halogenated alkanes) is 22. The Labute approximate surface area is 485 Å². The summed E-state index contributed by atoms with van der Waals surface area (Å²) in [6.07, 6.45) is 81.1. The number of likely N-dealkylation sites (N-methyl/N-ethyl adjacent to an activating group) is 1. The molecule has 9 nitrogen and oxygen atoms in total. The molecule has 0 aromatic heterocycles. The first kappa shape index (κ1) is 74.7. The largest absolute Gasteiger partial charge is 0.545 e. The average Bonchev–Trinajstić information content (AvgIpc) is 3.42. The molecule has 9 heteroatoms. The van der Waals surface area contributed by atoms with E-state index < -0.39 is 24.3 Å². The molecule has 0 aliphatic rings. The number of quaternary nitrogens is 1. The molecule has 0 aromatic rings. The van der Waals surface area contributed by atoms with Gasteiger partial charge in [-0.15, -0.1) is 0 Å². The quantitative estimate of drug-likeness (QED) is 0.0195. The van der Waals surface area contributed by atoms with E-state index in [-0.39, 0.29) is 38.6 Å². The second kappa shape index (κ2) is 59.8. The molecule has 2 unspecified atom stereocenters. The van der Waals surface area contributed by atoms with Crippen LogP contribution in [0.25, 0.3) is 0 Å². The van der Waals surface area contributed by atoms with Gasteiger partial charge in [-0.25, -0.2) is 0 Å². The molecule has 0 saturated heterocycles. The first-order valence-electron chi connectivity index (χ1n) is 31.7. The molecule has 0 rings (SSSR count). The van der Waals surface area contributed by atoms with Gasteiger partial charge in [0.15, 0.2) is 12.4 Å². The van der Waals surface area contributed by atoms with Crippen LogP contribution in [0.1, 0.15) is 245 Å². The minimum Gasteiger partial charge on any atom is -0.545 e. The van der Waals surface area contributed by atoms with Gasteiger partial charge in [-0.2, -0.15) is 0 Å². The van der Waals surface area contributed by atoms with Crippen LogP contribution in [0, 0.1) is 0 Å². The molecule has 0 saturated carbocycles. The van der Waals surface area contributed by atoms with Crippen LogP contribution in [-0.2, 0) is 33.3 Å². The fourth-order valence-electron chi connectivity index (χ4n) is 8.35. The summed E-state index contributed by atoms with van der Waals surface area (Å²) in [5.74, 6) is -2.34. The maximum atomic E-state index is 12.9. The van der Waals surface area contributed by atoms with Crippen molar-refractivity contribution in [1.82, 2.24) is 0 Å². The molecule has 0 radical (unpaired) electrons. The van der Waals surface area contributed by atoms with Crippen LogP contribution in [0.2, 0.25) is 0 Å². The van der Waals surface area contributed by atoms with Crippen molar-refractivity contribution in [1.29, 1.82) is 0 Å². The predicted octanol–water partition coefficient (Wildman–Crippen LogP) is 17.9. The Hall–Kier alpha value is -4.31. The Balaban J connectivity index is 4.27. The van der Waals surface area contributed by atoms with Crippen LogP contribution >= 0.6 is 0 Å². The number of carbonyl (C=O) groups is 3. The van der Waals surface area contributed by atoms with Gasteiger partial charge in [-0.05, 0) is 109 Å². The first-order valence-corrected chi connectivity index (χ1v) is 31.7. The van der Waals surface area contributed by atoms with Crippen LogP contribution in [0.4, 0.5) is 0 Å². The standard InChI is InChI=1S/C70H117NO8/c1-6-8-10-12-14-16-18-20-22-24-26-28-30-32-33-34-35-37-38-40-42-44-46-48-50-52-54-56-58-60-67(72)77-64-66(65-78-70(69(74)75)76-63-62-71(3,4)5)79-68(73)61-59-57-55-53-51-49-47-45-43-41-39-36-31-29-27-25-23-21-19-17-15-13-11-9-7-2/h9,11,15,17-18,20-21,23-24,26-27,29-30,32,36,39,43,45,49,51,66,70H,6-8,10,12-14,16,19,22,25,28,31,33-35,37-38,40-42,44,46-48,50,52-65H2,1-5H3/b11-9-,17-15-,20-18-,23-21-,26-24-,29-27-,32-30-,39-36-,45-43-,51-49-. The van der Waals surface area contributed by atoms with E-state index >= 15 is 0 Å². The Bertz CT molecular complexity index is 1710. The van der Waals surface area contributed by atoms with Crippen LogP contribution in [0.5, 0.6) is 0 Å². The summed E-state index contributed by atoms with van der Waals surface area (Å²) < 4.78 is 22.7. The molecule has 0 N–H and O–H groups in total. The number of ether oxygens (including phenoxy) is 4. The molecule has 0 aromatic carbocycles. The second-order valence-corrected chi connectivity index (χ2v) is 22.0. The lowest BCUT2D eigenvalue weighted by Gasteiger charge is -2.26. The first-order chi connectivity index (χ1) is 38.6. The number of aliphatic carboxylic acids is 1. The molecule has 0 fully saturated rings.